The number of aliphatic hydroxyl groups is 1. The van der Waals surface area contributed by atoms with Crippen molar-refractivity contribution in [3.63, 3.8) is 0 Å². The maximum atomic E-state index is 12.3. The Morgan fingerprint density at radius 2 is 1.39 bits per heavy atom. The first kappa shape index (κ1) is 34.1. The van der Waals surface area contributed by atoms with Crippen molar-refractivity contribution in [1.29, 1.82) is 0 Å². The lowest BCUT2D eigenvalue weighted by Gasteiger charge is -2.43. The molecule has 46 heavy (non-hydrogen) atoms. The van der Waals surface area contributed by atoms with E-state index in [1.807, 2.05) is 61.5 Å². The summed E-state index contributed by atoms with van der Waals surface area (Å²) in [4.78, 5) is 48.3. The van der Waals surface area contributed by atoms with Gasteiger partial charge in [-0.05, 0) is 36.6 Å². The zero-order valence-corrected chi connectivity index (χ0v) is 26.3. The molecule has 1 unspecified atom stereocenters. The average Bonchev–Trinajstić information content (AvgIpc) is 3.30. The van der Waals surface area contributed by atoms with Gasteiger partial charge in [0, 0.05) is 52.0 Å². The van der Waals surface area contributed by atoms with E-state index in [0.717, 1.165) is 43.3 Å². The predicted octanol–water partition coefficient (Wildman–Crippen LogP) is 2.77. The van der Waals surface area contributed by atoms with Crippen molar-refractivity contribution >= 4 is 23.9 Å². The summed E-state index contributed by atoms with van der Waals surface area (Å²) in [6, 6.07) is 17.1. The summed E-state index contributed by atoms with van der Waals surface area (Å²) in [5, 5.41) is 14.0. The number of aliphatic hydroxyl groups excluding tert-OH is 1. The number of carbonyl (C=O) groups is 4. The molecule has 3 aromatic rings. The van der Waals surface area contributed by atoms with E-state index in [4.69, 9.17) is 33.5 Å². The van der Waals surface area contributed by atoms with Crippen molar-refractivity contribution in [1.82, 2.24) is 9.78 Å². The summed E-state index contributed by atoms with van der Waals surface area (Å²) in [5.74, 6) is -2.71. The highest BCUT2D eigenvalue weighted by atomic mass is 16.7. The lowest BCUT2D eigenvalue weighted by Crippen LogP contribution is -2.63. The van der Waals surface area contributed by atoms with E-state index in [1.165, 1.54) is 6.92 Å². The molecule has 13 nitrogen and oxygen atoms in total. The van der Waals surface area contributed by atoms with Crippen molar-refractivity contribution < 1.29 is 52.7 Å². The van der Waals surface area contributed by atoms with Gasteiger partial charge in [0.25, 0.3) is 0 Å². The number of nitrogens with zero attached hydrogens (tertiary/aromatic N) is 2. The minimum Gasteiger partial charge on any atom is -0.463 e. The Morgan fingerprint density at radius 3 is 1.98 bits per heavy atom. The van der Waals surface area contributed by atoms with E-state index in [-0.39, 0.29) is 19.1 Å². The van der Waals surface area contributed by atoms with Crippen molar-refractivity contribution in [2.45, 2.75) is 78.2 Å². The molecule has 1 aliphatic heterocycles. The van der Waals surface area contributed by atoms with Gasteiger partial charge in [0.15, 0.2) is 12.2 Å². The van der Waals surface area contributed by atoms with Crippen LogP contribution in [0.1, 0.15) is 50.1 Å². The number of benzene rings is 2. The quantitative estimate of drug-likeness (QED) is 0.228. The van der Waals surface area contributed by atoms with Gasteiger partial charge in [-0.15, -0.1) is 5.10 Å². The number of esters is 4. The largest absolute Gasteiger partial charge is 0.463 e. The minimum absolute atomic E-state index is 0.0380. The third-order valence-corrected chi connectivity index (χ3v) is 7.18. The normalized spacial score (nSPS) is 20.8. The first-order valence-corrected chi connectivity index (χ1v) is 14.8. The van der Waals surface area contributed by atoms with Gasteiger partial charge in [-0.1, -0.05) is 42.5 Å². The van der Waals surface area contributed by atoms with Gasteiger partial charge in [0.1, 0.15) is 12.7 Å². The van der Waals surface area contributed by atoms with Crippen LogP contribution in [-0.2, 0) is 55.7 Å². The summed E-state index contributed by atoms with van der Waals surface area (Å²) >= 11 is 0. The van der Waals surface area contributed by atoms with E-state index in [9.17, 15) is 24.3 Å². The van der Waals surface area contributed by atoms with Gasteiger partial charge in [0.05, 0.1) is 5.69 Å². The van der Waals surface area contributed by atoms with E-state index in [2.05, 4.69) is 0 Å². The number of carbonyl (C=O) groups excluding carboxylic acids is 4. The third-order valence-electron chi connectivity index (χ3n) is 7.18. The Kier molecular flexibility index (Phi) is 11.5. The van der Waals surface area contributed by atoms with Crippen LogP contribution in [0.4, 0.5) is 0 Å². The molecule has 1 N–H and O–H groups in total. The minimum atomic E-state index is -1.44. The summed E-state index contributed by atoms with van der Waals surface area (Å²) in [6.45, 7) is 6.20. The summed E-state index contributed by atoms with van der Waals surface area (Å²) in [5.41, 5.74) is 4.12. The van der Waals surface area contributed by atoms with Crippen molar-refractivity contribution in [2.24, 2.45) is 0 Å². The van der Waals surface area contributed by atoms with Crippen molar-refractivity contribution in [3.8, 4) is 11.6 Å². The highest BCUT2D eigenvalue weighted by molar-refractivity contribution is 5.68. The van der Waals surface area contributed by atoms with Crippen molar-refractivity contribution in [2.75, 3.05) is 13.2 Å². The fourth-order valence-electron chi connectivity index (χ4n) is 5.18. The smallest absolute Gasteiger partial charge is 0.303 e. The van der Waals surface area contributed by atoms with Crippen LogP contribution in [0.3, 0.4) is 0 Å². The Bertz CT molecular complexity index is 1520. The molecule has 0 saturated carbocycles. The molecule has 246 valence electrons. The molecule has 0 amide bonds. The first-order chi connectivity index (χ1) is 22.0. The average molecular weight is 639 g/mol. The Morgan fingerprint density at radius 1 is 0.804 bits per heavy atom. The standard InChI is InChI=1S/C33H38N2O11/c1-19-27(17-25-13-11-24(12-14-25)15-16-36)32(34-35(19)26-9-7-6-8-10-26)46-33-31(44-23(5)40)30(43-22(4)39)29(42-21(3)38)28(45-33)18-41-20(2)37/h6-14,28-31,33,36H,15-18H2,1-5H3/t28-,29-,30+,31-,33?/m1/s1. The lowest BCUT2D eigenvalue weighted by atomic mass is 9.98. The van der Waals surface area contributed by atoms with Crippen LogP contribution in [0, 0.1) is 6.92 Å². The fourth-order valence-corrected chi connectivity index (χ4v) is 5.18. The molecule has 0 radical (unpaired) electrons. The van der Waals surface area contributed by atoms with Gasteiger partial charge in [-0.3, -0.25) is 19.2 Å². The first-order valence-electron chi connectivity index (χ1n) is 14.8. The second kappa shape index (κ2) is 15.5. The summed E-state index contributed by atoms with van der Waals surface area (Å²) < 4.78 is 36.0. The van der Waals surface area contributed by atoms with Gasteiger partial charge in [-0.25, -0.2) is 4.68 Å². The van der Waals surface area contributed by atoms with E-state index in [1.54, 1.807) is 4.68 Å². The monoisotopic (exact) mass is 638 g/mol. The second-order valence-electron chi connectivity index (χ2n) is 10.8. The molecule has 5 atom stereocenters. The van der Waals surface area contributed by atoms with Gasteiger partial charge in [-0.2, -0.15) is 0 Å². The van der Waals surface area contributed by atoms with Crippen LogP contribution in [0.25, 0.3) is 5.69 Å². The number of aromatic nitrogens is 2. The molecule has 1 fully saturated rings. The van der Waals surface area contributed by atoms with Gasteiger partial charge < -0.3 is 33.5 Å². The molecule has 0 spiro atoms. The number of para-hydroxylation sites is 1. The summed E-state index contributed by atoms with van der Waals surface area (Å²) in [7, 11) is 0. The van der Waals surface area contributed by atoms with Crippen molar-refractivity contribution in [3.05, 3.63) is 77.0 Å². The van der Waals surface area contributed by atoms with E-state index in [0.29, 0.717) is 18.4 Å². The lowest BCUT2D eigenvalue weighted by molar-refractivity contribution is -0.289. The highest BCUT2D eigenvalue weighted by Gasteiger charge is 2.53. The maximum Gasteiger partial charge on any atom is 0.303 e. The fraction of sp³-hybridized carbons (Fsp3) is 0.424. The van der Waals surface area contributed by atoms with Crippen LogP contribution in [0.5, 0.6) is 5.88 Å². The highest BCUT2D eigenvalue weighted by Crippen LogP contribution is 2.34. The number of rotatable bonds is 12. The number of hydrogen-bond acceptors (Lipinski definition) is 12. The molecule has 1 aliphatic rings. The van der Waals surface area contributed by atoms with Gasteiger partial charge in [0.2, 0.25) is 18.3 Å². The van der Waals surface area contributed by atoms with E-state index < -0.39 is 54.6 Å². The zero-order chi connectivity index (χ0) is 33.4. The molecule has 1 saturated heterocycles. The third kappa shape index (κ3) is 8.70. The van der Waals surface area contributed by atoms with E-state index >= 15 is 0 Å². The molecule has 4 rings (SSSR count). The van der Waals surface area contributed by atoms with Crippen LogP contribution in [-0.4, -0.2) is 82.7 Å². The molecule has 13 heteroatoms. The molecule has 2 aromatic carbocycles. The molecule has 0 bridgehead atoms. The Labute approximate surface area is 266 Å². The Balaban J connectivity index is 1.79. The zero-order valence-electron chi connectivity index (χ0n) is 26.3. The maximum absolute atomic E-state index is 12.3. The van der Waals surface area contributed by atoms with Crippen LogP contribution < -0.4 is 4.74 Å². The molecule has 0 aliphatic carbocycles. The molecular weight excluding hydrogens is 600 g/mol. The summed E-state index contributed by atoms with van der Waals surface area (Å²) in [6.07, 6.45) is -5.80. The molecule has 1 aromatic heterocycles. The molecular formula is C33H38N2O11. The Hall–Kier alpha value is -4.75. The van der Waals surface area contributed by atoms with Crippen LogP contribution in [0.2, 0.25) is 0 Å². The predicted molar refractivity (Wildman–Crippen MR) is 161 cm³/mol. The number of hydrogen-bond donors (Lipinski definition) is 1. The second-order valence-corrected chi connectivity index (χ2v) is 10.8. The SMILES string of the molecule is CC(=O)OC[C@H]1OC(Oc2nn(-c3ccccc3)c(C)c2Cc2ccc(CCO)cc2)[C@H](OC(C)=O)[C@@H](OC(C)=O)[C@@H]1OC(C)=O. The van der Waals surface area contributed by atoms with Crippen LogP contribution in [0.15, 0.2) is 54.6 Å². The number of ether oxygens (including phenoxy) is 6. The van der Waals surface area contributed by atoms with Crippen LogP contribution >= 0.6 is 0 Å². The topological polar surface area (TPSA) is 162 Å². The molecule has 2 heterocycles. The van der Waals surface area contributed by atoms with Gasteiger partial charge >= 0.3 is 23.9 Å².